The molecule has 0 spiro atoms. The standard InChI is InChI=1S/C9H7F11O2/c1-2-4(21)3-22-9(19,20)7(14,15)5(10,11)6(12,13)8(16,17)18/h3,21H,2H2,1H3. The van der Waals surface area contributed by atoms with Crippen molar-refractivity contribution in [3.8, 4) is 0 Å². The minimum absolute atomic E-state index is 0.503. The van der Waals surface area contributed by atoms with Gasteiger partial charge in [0.05, 0.1) is 0 Å². The van der Waals surface area contributed by atoms with E-state index >= 15 is 0 Å². The van der Waals surface area contributed by atoms with Gasteiger partial charge in [-0.05, 0) is 0 Å². The lowest BCUT2D eigenvalue weighted by Crippen LogP contribution is -2.66. The minimum atomic E-state index is -7.53. The van der Waals surface area contributed by atoms with Gasteiger partial charge in [0.1, 0.15) is 12.0 Å². The first-order chi connectivity index (χ1) is 9.45. The van der Waals surface area contributed by atoms with Crippen molar-refractivity contribution < 1.29 is 58.1 Å². The Kier molecular flexibility index (Phi) is 5.28. The first kappa shape index (κ1) is 20.6. The summed E-state index contributed by atoms with van der Waals surface area (Å²) in [7, 11) is 0. The maximum atomic E-state index is 12.8. The van der Waals surface area contributed by atoms with Gasteiger partial charge in [-0.2, -0.15) is 48.3 Å². The molecule has 0 aromatic rings. The summed E-state index contributed by atoms with van der Waals surface area (Å²) in [6, 6.07) is 0. The fourth-order valence-electron chi connectivity index (χ4n) is 0.857. The molecule has 0 saturated carbocycles. The first-order valence-electron chi connectivity index (χ1n) is 5.09. The lowest BCUT2D eigenvalue weighted by molar-refractivity contribution is -0.450. The van der Waals surface area contributed by atoms with Gasteiger partial charge in [0, 0.05) is 6.42 Å². The highest BCUT2D eigenvalue weighted by atomic mass is 19.4. The fourth-order valence-corrected chi connectivity index (χ4v) is 0.857. The summed E-state index contributed by atoms with van der Waals surface area (Å²) in [5.41, 5.74) is 0. The maximum Gasteiger partial charge on any atom is 0.470 e. The number of alkyl halides is 11. The van der Waals surface area contributed by atoms with E-state index in [-0.39, 0.29) is 0 Å². The van der Waals surface area contributed by atoms with Crippen LogP contribution in [0.3, 0.4) is 0 Å². The molecule has 0 aliphatic rings. The molecule has 0 rings (SSSR count). The molecule has 2 nitrogen and oxygen atoms in total. The molecule has 0 unspecified atom stereocenters. The lowest BCUT2D eigenvalue weighted by Gasteiger charge is -2.36. The van der Waals surface area contributed by atoms with E-state index in [2.05, 4.69) is 4.74 Å². The molecule has 0 aromatic heterocycles. The van der Waals surface area contributed by atoms with Gasteiger partial charge in [-0.3, -0.25) is 0 Å². The van der Waals surface area contributed by atoms with Crippen LogP contribution in [-0.4, -0.2) is 35.2 Å². The molecule has 0 bridgehead atoms. The first-order valence-corrected chi connectivity index (χ1v) is 5.09. The van der Waals surface area contributed by atoms with E-state index in [9.17, 15) is 48.3 Å². The molecule has 0 fully saturated rings. The molecule has 0 saturated heterocycles. The smallest absolute Gasteiger partial charge is 0.470 e. The van der Waals surface area contributed by atoms with Gasteiger partial charge in [-0.25, -0.2) is 0 Å². The number of rotatable bonds is 6. The second-order valence-electron chi connectivity index (χ2n) is 3.82. The van der Waals surface area contributed by atoms with Crippen LogP contribution in [0.5, 0.6) is 0 Å². The molecule has 0 aliphatic carbocycles. The summed E-state index contributed by atoms with van der Waals surface area (Å²) < 4.78 is 139. The van der Waals surface area contributed by atoms with Crippen LogP contribution in [-0.2, 0) is 4.74 Å². The van der Waals surface area contributed by atoms with Crippen molar-refractivity contribution in [3.05, 3.63) is 12.0 Å². The van der Waals surface area contributed by atoms with Gasteiger partial charge in [0.15, 0.2) is 0 Å². The van der Waals surface area contributed by atoms with Crippen LogP contribution in [0.4, 0.5) is 48.3 Å². The van der Waals surface area contributed by atoms with Crippen LogP contribution in [0.2, 0.25) is 0 Å². The van der Waals surface area contributed by atoms with Crippen LogP contribution in [0.25, 0.3) is 0 Å². The number of hydrogen-bond acceptors (Lipinski definition) is 2. The average molecular weight is 356 g/mol. The van der Waals surface area contributed by atoms with Crippen LogP contribution >= 0.6 is 0 Å². The highest BCUT2D eigenvalue weighted by Gasteiger charge is 2.88. The highest BCUT2D eigenvalue weighted by molar-refractivity contribution is 5.04. The number of aliphatic hydroxyl groups excluding tert-OH is 1. The van der Waals surface area contributed by atoms with E-state index in [0.29, 0.717) is 0 Å². The molecule has 0 heterocycles. The number of allylic oxidation sites excluding steroid dienone is 1. The molecule has 1 N–H and O–H groups in total. The fraction of sp³-hybridized carbons (Fsp3) is 0.778. The van der Waals surface area contributed by atoms with Crippen LogP contribution in [0, 0.1) is 0 Å². The van der Waals surface area contributed by atoms with Gasteiger partial charge in [0.2, 0.25) is 0 Å². The predicted molar refractivity (Wildman–Crippen MR) is 47.9 cm³/mol. The Bertz CT molecular complexity index is 424. The average Bonchev–Trinajstić information content (AvgIpc) is 2.33. The largest absolute Gasteiger partial charge is 0.509 e. The van der Waals surface area contributed by atoms with Crippen molar-refractivity contribution in [2.45, 2.75) is 43.4 Å². The topological polar surface area (TPSA) is 29.5 Å². The number of aliphatic hydroxyl groups is 1. The third-order valence-corrected chi connectivity index (χ3v) is 2.22. The van der Waals surface area contributed by atoms with Crippen LogP contribution in [0.15, 0.2) is 12.0 Å². The summed E-state index contributed by atoms with van der Waals surface area (Å²) in [6.45, 7) is 1.07. The molecular formula is C9H7F11O2. The highest BCUT2D eigenvalue weighted by Crippen LogP contribution is 2.57. The Morgan fingerprint density at radius 2 is 1.23 bits per heavy atom. The maximum absolute atomic E-state index is 12.8. The normalized spacial score (nSPS) is 15.9. The molecule has 22 heavy (non-hydrogen) atoms. The molecule has 0 amide bonds. The monoisotopic (exact) mass is 356 g/mol. The Hall–Kier alpha value is -1.43. The third-order valence-electron chi connectivity index (χ3n) is 2.22. The van der Waals surface area contributed by atoms with Gasteiger partial charge in [-0.1, -0.05) is 6.92 Å². The van der Waals surface area contributed by atoms with Crippen molar-refractivity contribution in [1.29, 1.82) is 0 Å². The van der Waals surface area contributed by atoms with E-state index in [1.165, 1.54) is 0 Å². The molecule has 0 aromatic carbocycles. The van der Waals surface area contributed by atoms with Crippen molar-refractivity contribution in [2.75, 3.05) is 0 Å². The van der Waals surface area contributed by atoms with E-state index < -0.39 is 48.5 Å². The van der Waals surface area contributed by atoms with E-state index in [1.807, 2.05) is 0 Å². The summed E-state index contributed by atoms with van der Waals surface area (Å²) in [6.07, 6.45) is -14.8. The van der Waals surface area contributed by atoms with Crippen molar-refractivity contribution in [1.82, 2.24) is 0 Å². The van der Waals surface area contributed by atoms with Crippen LogP contribution in [0.1, 0.15) is 13.3 Å². The summed E-state index contributed by atoms with van der Waals surface area (Å²) in [4.78, 5) is 0. The Morgan fingerprint density at radius 3 is 1.55 bits per heavy atom. The molecule has 13 heteroatoms. The molecule has 0 aliphatic heterocycles. The van der Waals surface area contributed by atoms with E-state index in [4.69, 9.17) is 5.11 Å². The number of ether oxygens (including phenoxy) is 1. The number of halogens is 11. The predicted octanol–water partition coefficient (Wildman–Crippen LogP) is 4.87. The number of hydrogen-bond donors (Lipinski definition) is 1. The van der Waals surface area contributed by atoms with Crippen molar-refractivity contribution >= 4 is 0 Å². The van der Waals surface area contributed by atoms with Crippen LogP contribution < -0.4 is 0 Å². The Morgan fingerprint density at radius 1 is 0.818 bits per heavy atom. The summed E-state index contributed by atoms with van der Waals surface area (Å²) in [5, 5.41) is 8.62. The van der Waals surface area contributed by atoms with Gasteiger partial charge < -0.3 is 9.84 Å². The lowest BCUT2D eigenvalue weighted by atomic mass is 10.0. The van der Waals surface area contributed by atoms with Crippen molar-refractivity contribution in [2.24, 2.45) is 0 Å². The third kappa shape index (κ3) is 3.16. The summed E-state index contributed by atoms with van der Waals surface area (Å²) >= 11 is 0. The zero-order valence-electron chi connectivity index (χ0n) is 10.3. The van der Waals surface area contributed by atoms with Gasteiger partial charge in [0.25, 0.3) is 0 Å². The molecule has 0 atom stereocenters. The zero-order valence-corrected chi connectivity index (χ0v) is 10.3. The molecular weight excluding hydrogens is 349 g/mol. The van der Waals surface area contributed by atoms with E-state index in [1.54, 1.807) is 0 Å². The van der Waals surface area contributed by atoms with Crippen molar-refractivity contribution in [3.63, 3.8) is 0 Å². The Labute approximate surface area is 115 Å². The zero-order chi connectivity index (χ0) is 18.2. The van der Waals surface area contributed by atoms with Gasteiger partial charge in [-0.15, -0.1) is 0 Å². The second-order valence-corrected chi connectivity index (χ2v) is 3.82. The molecule has 132 valence electrons. The Balaban J connectivity index is 5.79. The quantitative estimate of drug-likeness (QED) is 0.543. The van der Waals surface area contributed by atoms with E-state index in [0.717, 1.165) is 6.92 Å². The summed E-state index contributed by atoms with van der Waals surface area (Å²) in [5.74, 6) is -23.4. The van der Waals surface area contributed by atoms with Gasteiger partial charge >= 0.3 is 30.1 Å². The SMILES string of the molecule is CCC(O)=COC(F)(F)C(F)(F)C(F)(F)C(F)(F)C(F)(F)F. The minimum Gasteiger partial charge on any atom is -0.509 e. The molecule has 0 radical (unpaired) electrons. The second kappa shape index (κ2) is 5.65.